The van der Waals surface area contributed by atoms with E-state index < -0.39 is 77.1 Å². The van der Waals surface area contributed by atoms with Crippen LogP contribution in [0, 0.1) is 50.7 Å². The molecule has 2 saturated heterocycles. The lowest BCUT2D eigenvalue weighted by Crippen LogP contribution is -2.65. The number of cyclic esters (lactones) is 1. The minimum absolute atomic E-state index is 0.0627. The van der Waals surface area contributed by atoms with Crippen molar-refractivity contribution in [2.75, 3.05) is 6.61 Å². The van der Waals surface area contributed by atoms with Crippen LogP contribution >= 0.6 is 0 Å². The number of esters is 2. The molecule has 6 fully saturated rings. The Morgan fingerprint density at radius 2 is 1.59 bits per heavy atom. The van der Waals surface area contributed by atoms with Crippen LogP contribution in [-0.4, -0.2) is 98.6 Å². The van der Waals surface area contributed by atoms with Crippen molar-refractivity contribution < 1.29 is 58.9 Å². The fourth-order valence-corrected chi connectivity index (χ4v) is 12.5. The number of carboxylic acid groups (broad SMARTS) is 1. The van der Waals surface area contributed by atoms with Gasteiger partial charge in [0.2, 0.25) is 0 Å². The molecule has 0 aromatic rings. The van der Waals surface area contributed by atoms with E-state index in [2.05, 4.69) is 13.8 Å². The molecular weight excluding hydrogens is 636 g/mol. The van der Waals surface area contributed by atoms with Crippen molar-refractivity contribution >= 4 is 17.9 Å². The predicted molar refractivity (Wildman–Crippen MR) is 173 cm³/mol. The minimum atomic E-state index is -1.45. The second-order valence-corrected chi connectivity index (χ2v) is 18.2. The van der Waals surface area contributed by atoms with Crippen LogP contribution in [-0.2, 0) is 33.3 Å². The van der Waals surface area contributed by atoms with Gasteiger partial charge < -0.3 is 44.5 Å². The number of aliphatic carboxylic acids is 1. The van der Waals surface area contributed by atoms with Crippen molar-refractivity contribution in [1.82, 2.24) is 0 Å². The molecule has 2 heterocycles. The Morgan fingerprint density at radius 1 is 0.959 bits per heavy atom. The number of ether oxygens (including phenoxy) is 4. The molecule has 6 rings (SSSR count). The Labute approximate surface area is 289 Å². The third kappa shape index (κ3) is 5.24. The van der Waals surface area contributed by atoms with E-state index >= 15 is 0 Å². The summed E-state index contributed by atoms with van der Waals surface area (Å²) in [5, 5.41) is 52.8. The van der Waals surface area contributed by atoms with Gasteiger partial charge in [-0.2, -0.15) is 0 Å². The first-order chi connectivity index (χ1) is 22.6. The van der Waals surface area contributed by atoms with Gasteiger partial charge in [0.1, 0.15) is 24.4 Å². The van der Waals surface area contributed by atoms with Crippen LogP contribution in [0.15, 0.2) is 0 Å². The maximum atomic E-state index is 14.1. The number of carbonyl (C=O) groups is 3. The molecule has 0 aromatic heterocycles. The fraction of sp³-hybridized carbons (Fsp3) is 0.919. The topological polar surface area (TPSA) is 189 Å². The molecule has 0 bridgehead atoms. The third-order valence-corrected chi connectivity index (χ3v) is 15.0. The number of carboxylic acids is 1. The first kappa shape index (κ1) is 36.9. The van der Waals surface area contributed by atoms with E-state index in [0.29, 0.717) is 25.7 Å². The van der Waals surface area contributed by atoms with Gasteiger partial charge >= 0.3 is 17.9 Å². The van der Waals surface area contributed by atoms with Crippen molar-refractivity contribution in [3.05, 3.63) is 0 Å². The zero-order valence-electron chi connectivity index (χ0n) is 30.3. The Bertz CT molecular complexity index is 1340. The molecule has 0 radical (unpaired) electrons. The summed E-state index contributed by atoms with van der Waals surface area (Å²) in [6.45, 7) is 14.3. The number of hydrogen-bond donors (Lipinski definition) is 5. The second-order valence-electron chi connectivity index (χ2n) is 18.2. The zero-order chi connectivity index (χ0) is 36.3. The molecule has 49 heavy (non-hydrogen) atoms. The highest BCUT2D eigenvalue weighted by Crippen LogP contribution is 2.88. The highest BCUT2D eigenvalue weighted by molar-refractivity contribution is 5.81. The van der Waals surface area contributed by atoms with Crippen LogP contribution in [0.3, 0.4) is 0 Å². The molecule has 12 heteroatoms. The predicted octanol–water partition coefficient (Wildman–Crippen LogP) is 3.19. The molecular formula is C37H58O12. The van der Waals surface area contributed by atoms with Crippen molar-refractivity contribution in [3.63, 3.8) is 0 Å². The Morgan fingerprint density at radius 3 is 2.18 bits per heavy atom. The molecule has 278 valence electrons. The van der Waals surface area contributed by atoms with Crippen molar-refractivity contribution in [3.8, 4) is 0 Å². The fourth-order valence-electron chi connectivity index (χ4n) is 12.5. The van der Waals surface area contributed by atoms with Gasteiger partial charge in [-0.15, -0.1) is 0 Å². The quantitative estimate of drug-likeness (QED) is 0.194. The second kappa shape index (κ2) is 11.8. The zero-order valence-corrected chi connectivity index (χ0v) is 30.3. The third-order valence-electron chi connectivity index (χ3n) is 15.0. The Kier molecular flexibility index (Phi) is 8.93. The maximum Gasteiger partial charge on any atom is 0.310 e. The van der Waals surface area contributed by atoms with Gasteiger partial charge in [-0.05, 0) is 112 Å². The summed E-state index contributed by atoms with van der Waals surface area (Å²) in [4.78, 5) is 39.7. The lowest BCUT2D eigenvalue weighted by molar-refractivity contribution is -0.303. The van der Waals surface area contributed by atoms with Crippen LogP contribution in [0.4, 0.5) is 0 Å². The van der Waals surface area contributed by atoms with E-state index in [0.717, 1.165) is 25.7 Å². The number of rotatable bonds is 7. The molecule has 6 aliphatic rings. The van der Waals surface area contributed by atoms with Crippen LogP contribution in [0.5, 0.6) is 0 Å². The smallest absolute Gasteiger partial charge is 0.310 e. The first-order valence-electron chi connectivity index (χ1n) is 18.2. The van der Waals surface area contributed by atoms with E-state index in [9.17, 15) is 39.9 Å². The van der Waals surface area contributed by atoms with Crippen LogP contribution in [0.25, 0.3) is 0 Å². The Balaban J connectivity index is 1.25. The van der Waals surface area contributed by atoms with Gasteiger partial charge in [-0.25, -0.2) is 0 Å². The van der Waals surface area contributed by atoms with E-state index in [-0.39, 0.29) is 46.7 Å². The summed E-state index contributed by atoms with van der Waals surface area (Å²) in [7, 11) is 0. The van der Waals surface area contributed by atoms with E-state index in [1.165, 1.54) is 20.8 Å². The van der Waals surface area contributed by atoms with Crippen molar-refractivity contribution in [1.29, 1.82) is 0 Å². The van der Waals surface area contributed by atoms with Gasteiger partial charge in [0.25, 0.3) is 0 Å². The molecule has 4 aliphatic carbocycles. The summed E-state index contributed by atoms with van der Waals surface area (Å²) in [5.41, 5.74) is -4.15. The first-order valence-corrected chi connectivity index (χ1v) is 18.2. The van der Waals surface area contributed by atoms with Crippen LogP contribution in [0.2, 0.25) is 0 Å². The number of carbonyl (C=O) groups excluding carboxylic acids is 2. The molecule has 0 unspecified atom stereocenters. The summed E-state index contributed by atoms with van der Waals surface area (Å²) in [6.07, 6.45) is -1.44. The van der Waals surface area contributed by atoms with Crippen molar-refractivity contribution in [2.45, 2.75) is 155 Å². The van der Waals surface area contributed by atoms with Gasteiger partial charge in [0.15, 0.2) is 12.4 Å². The van der Waals surface area contributed by atoms with E-state index in [1.54, 1.807) is 0 Å². The molecule has 15 atom stereocenters. The van der Waals surface area contributed by atoms with Gasteiger partial charge in [0.05, 0.1) is 29.6 Å². The van der Waals surface area contributed by atoms with Crippen LogP contribution < -0.4 is 0 Å². The van der Waals surface area contributed by atoms with Gasteiger partial charge in [-0.1, -0.05) is 27.7 Å². The molecule has 0 aromatic carbocycles. The van der Waals surface area contributed by atoms with Crippen LogP contribution in [0.1, 0.15) is 107 Å². The largest absolute Gasteiger partial charge is 0.481 e. The molecule has 12 nitrogen and oxygen atoms in total. The summed E-state index contributed by atoms with van der Waals surface area (Å²) in [6, 6.07) is 0. The van der Waals surface area contributed by atoms with Crippen molar-refractivity contribution in [2.24, 2.45) is 50.7 Å². The Hall–Kier alpha value is -1.83. The molecule has 4 saturated carbocycles. The highest BCUT2D eigenvalue weighted by Gasteiger charge is 2.83. The lowest BCUT2D eigenvalue weighted by atomic mass is 9.39. The average Bonchev–Trinajstić information content (AvgIpc) is 3.66. The normalized spacial score (nSPS) is 49.8. The highest BCUT2D eigenvalue weighted by atomic mass is 16.7. The summed E-state index contributed by atoms with van der Waals surface area (Å²) in [5.74, 6) is -2.85. The maximum absolute atomic E-state index is 14.1. The monoisotopic (exact) mass is 694 g/mol. The standard InChI is InChI=1S/C37H58O12/c1-18-15-21(28(33(5,6)45)47-19(2)38)48-29(42)25(18)34(7)13-14-37-17-36(37)12-11-24(49-30-27(41)26(40)20(39)16-46-30)32(3,4)22(36)9-10-23(37)35(34,8)31(43)44/h18,20-28,30,39-41,45H,9-17H2,1-8H3,(H,43,44)/t18-,20-,21-,22+,23+,24+,25+,26+,27-,28+,30+,34-,35-,36-,37+/m1/s1. The van der Waals surface area contributed by atoms with Gasteiger partial charge in [-0.3, -0.25) is 14.4 Å². The number of aliphatic hydroxyl groups excluding tert-OH is 3. The number of hydrogen-bond acceptors (Lipinski definition) is 11. The molecule has 2 spiro atoms. The molecule has 0 amide bonds. The van der Waals surface area contributed by atoms with E-state index in [4.69, 9.17) is 18.9 Å². The molecule has 2 aliphatic heterocycles. The van der Waals surface area contributed by atoms with E-state index in [1.807, 2.05) is 20.8 Å². The lowest BCUT2D eigenvalue weighted by Gasteiger charge is -2.64. The van der Waals surface area contributed by atoms with Gasteiger partial charge in [0, 0.05) is 6.92 Å². The minimum Gasteiger partial charge on any atom is -0.481 e. The summed E-state index contributed by atoms with van der Waals surface area (Å²) >= 11 is 0. The average molecular weight is 695 g/mol. The SMILES string of the molecule is CC(=O)O[C@@H]([C@H]1C[C@@H](C)[C@H]([C@@]2(C)CC[C@@]34C[C@@]35CC[C@H](O[C@@H]3OC[C@@H](O)[C@H](O)[C@H]3O)C(C)(C)[C@@H]5CC[C@H]4[C@]2(C)C(=O)O)C(=O)O1)C(C)(C)O. The number of aliphatic hydroxyl groups is 4. The molecule has 5 N–H and O–H groups in total. The summed E-state index contributed by atoms with van der Waals surface area (Å²) < 4.78 is 23.4.